The summed E-state index contributed by atoms with van der Waals surface area (Å²) >= 11 is 0. The number of esters is 1. The first kappa shape index (κ1) is 13.5. The van der Waals surface area contributed by atoms with Crippen LogP contribution in [0.15, 0.2) is 0 Å². The predicted molar refractivity (Wildman–Crippen MR) is 65.3 cm³/mol. The fraction of sp³-hybridized carbons (Fsp3) is 0.923. The molecule has 0 aliphatic carbocycles. The van der Waals surface area contributed by atoms with Gasteiger partial charge in [0.15, 0.2) is 0 Å². The lowest BCUT2D eigenvalue weighted by molar-refractivity contribution is -0.151. The molecule has 0 amide bonds. The molecule has 2 atom stereocenters. The van der Waals surface area contributed by atoms with E-state index in [1.54, 1.807) is 0 Å². The second kappa shape index (κ2) is 5.67. The van der Waals surface area contributed by atoms with Crippen molar-refractivity contribution in [2.45, 2.75) is 65.5 Å². The van der Waals surface area contributed by atoms with E-state index in [2.05, 4.69) is 26.1 Å². The van der Waals surface area contributed by atoms with Crippen molar-refractivity contribution < 1.29 is 9.53 Å². The number of hydrogen-bond acceptors (Lipinski definition) is 3. The monoisotopic (exact) mass is 227 g/mol. The first-order valence-electron chi connectivity index (χ1n) is 6.38. The molecule has 1 rings (SSSR count). The summed E-state index contributed by atoms with van der Waals surface area (Å²) in [6, 6.07) is -0.0628. The Kier molecular flexibility index (Phi) is 4.78. The Bertz CT molecular complexity index is 232. The van der Waals surface area contributed by atoms with Crippen LogP contribution < -0.4 is 5.32 Å². The molecule has 0 aromatic rings. The third-order valence-electron chi connectivity index (χ3n) is 3.46. The normalized spacial score (nSPS) is 23.1. The summed E-state index contributed by atoms with van der Waals surface area (Å²) < 4.78 is 5.47. The molecule has 1 fully saturated rings. The van der Waals surface area contributed by atoms with Crippen LogP contribution in [0.25, 0.3) is 0 Å². The van der Waals surface area contributed by atoms with E-state index >= 15 is 0 Å². The van der Waals surface area contributed by atoms with Gasteiger partial charge in [0.2, 0.25) is 0 Å². The zero-order chi connectivity index (χ0) is 12.2. The maximum Gasteiger partial charge on any atom is 0.323 e. The molecular formula is C13H25NO2. The third-order valence-corrected chi connectivity index (χ3v) is 3.46. The van der Waals surface area contributed by atoms with Gasteiger partial charge in [-0.1, -0.05) is 27.2 Å². The lowest BCUT2D eigenvalue weighted by Gasteiger charge is -2.27. The minimum atomic E-state index is -0.0723. The number of carbonyl (C=O) groups is 1. The molecule has 1 saturated heterocycles. The highest BCUT2D eigenvalue weighted by molar-refractivity contribution is 5.76. The van der Waals surface area contributed by atoms with E-state index in [0.29, 0.717) is 0 Å². The molecule has 1 heterocycles. The van der Waals surface area contributed by atoms with E-state index in [4.69, 9.17) is 4.74 Å². The summed E-state index contributed by atoms with van der Waals surface area (Å²) in [5.41, 5.74) is 0.253. The zero-order valence-electron chi connectivity index (χ0n) is 11.0. The Hall–Kier alpha value is -0.570. The van der Waals surface area contributed by atoms with Crippen LogP contribution in [-0.2, 0) is 9.53 Å². The van der Waals surface area contributed by atoms with Gasteiger partial charge in [-0.2, -0.15) is 0 Å². The minimum Gasteiger partial charge on any atom is -0.461 e. The molecule has 0 radical (unpaired) electrons. The zero-order valence-corrected chi connectivity index (χ0v) is 11.0. The van der Waals surface area contributed by atoms with Crippen molar-refractivity contribution in [2.24, 2.45) is 5.41 Å². The Labute approximate surface area is 98.9 Å². The van der Waals surface area contributed by atoms with Crippen LogP contribution in [0.1, 0.15) is 53.4 Å². The summed E-state index contributed by atoms with van der Waals surface area (Å²) in [6.07, 6.45) is 4.06. The first-order chi connectivity index (χ1) is 7.44. The quantitative estimate of drug-likeness (QED) is 0.733. The lowest BCUT2D eigenvalue weighted by atomic mass is 9.84. The van der Waals surface area contributed by atoms with Crippen LogP contribution in [-0.4, -0.2) is 24.7 Å². The second-order valence-electron chi connectivity index (χ2n) is 5.62. The van der Waals surface area contributed by atoms with Crippen molar-refractivity contribution >= 4 is 5.97 Å². The smallest absolute Gasteiger partial charge is 0.323 e. The molecule has 3 heteroatoms. The molecule has 1 N–H and O–H groups in total. The molecular weight excluding hydrogens is 202 g/mol. The van der Waals surface area contributed by atoms with Gasteiger partial charge in [0.25, 0.3) is 0 Å². The van der Waals surface area contributed by atoms with Gasteiger partial charge in [-0.3, -0.25) is 4.79 Å². The summed E-state index contributed by atoms with van der Waals surface area (Å²) in [5.74, 6) is -0.0723. The predicted octanol–water partition coefficient (Wildman–Crippen LogP) is 2.50. The van der Waals surface area contributed by atoms with Crippen LogP contribution in [0.4, 0.5) is 0 Å². The molecule has 0 saturated carbocycles. The second-order valence-corrected chi connectivity index (χ2v) is 5.62. The molecule has 0 aromatic carbocycles. The lowest BCUT2D eigenvalue weighted by Crippen LogP contribution is -2.35. The van der Waals surface area contributed by atoms with Crippen molar-refractivity contribution in [2.75, 3.05) is 6.54 Å². The summed E-state index contributed by atoms with van der Waals surface area (Å²) in [7, 11) is 0. The van der Waals surface area contributed by atoms with Gasteiger partial charge in [0.05, 0.1) is 6.10 Å². The van der Waals surface area contributed by atoms with Crippen molar-refractivity contribution in [3.63, 3.8) is 0 Å². The van der Waals surface area contributed by atoms with Gasteiger partial charge in [-0.05, 0) is 38.1 Å². The van der Waals surface area contributed by atoms with Crippen LogP contribution in [0, 0.1) is 5.41 Å². The van der Waals surface area contributed by atoms with Gasteiger partial charge >= 0.3 is 5.97 Å². The van der Waals surface area contributed by atoms with Gasteiger partial charge in [-0.15, -0.1) is 0 Å². The number of rotatable bonds is 5. The fourth-order valence-electron chi connectivity index (χ4n) is 2.13. The molecule has 16 heavy (non-hydrogen) atoms. The Morgan fingerprint density at radius 1 is 1.56 bits per heavy atom. The SMILES string of the molecule is CCC(C)(C)C[C@@H](C)OC(=O)[C@H]1CCCN1. The molecule has 1 aliphatic rings. The highest BCUT2D eigenvalue weighted by Crippen LogP contribution is 2.27. The van der Waals surface area contributed by atoms with E-state index in [0.717, 1.165) is 32.2 Å². The van der Waals surface area contributed by atoms with Crippen LogP contribution in [0.5, 0.6) is 0 Å². The molecule has 0 unspecified atom stereocenters. The third kappa shape index (κ3) is 4.12. The van der Waals surface area contributed by atoms with Gasteiger partial charge in [0, 0.05) is 0 Å². The van der Waals surface area contributed by atoms with Crippen molar-refractivity contribution in [3.05, 3.63) is 0 Å². The highest BCUT2D eigenvalue weighted by Gasteiger charge is 2.27. The Morgan fingerprint density at radius 2 is 2.25 bits per heavy atom. The molecule has 3 nitrogen and oxygen atoms in total. The standard InChI is InChI=1S/C13H25NO2/c1-5-13(3,4)9-10(2)16-12(15)11-7-6-8-14-11/h10-11,14H,5-9H2,1-4H3/t10-,11-/m1/s1. The van der Waals surface area contributed by atoms with E-state index in [-0.39, 0.29) is 23.5 Å². The molecule has 1 aliphatic heterocycles. The highest BCUT2D eigenvalue weighted by atomic mass is 16.5. The maximum atomic E-state index is 11.7. The number of hydrogen-bond donors (Lipinski definition) is 1. The van der Waals surface area contributed by atoms with Gasteiger partial charge < -0.3 is 10.1 Å². The fourth-order valence-corrected chi connectivity index (χ4v) is 2.13. The van der Waals surface area contributed by atoms with E-state index in [1.165, 1.54) is 0 Å². The number of ether oxygens (including phenoxy) is 1. The Balaban J connectivity index is 2.33. The average molecular weight is 227 g/mol. The van der Waals surface area contributed by atoms with E-state index < -0.39 is 0 Å². The minimum absolute atomic E-state index is 0.0184. The van der Waals surface area contributed by atoms with Crippen molar-refractivity contribution in [3.8, 4) is 0 Å². The van der Waals surface area contributed by atoms with Crippen LogP contribution >= 0.6 is 0 Å². The summed E-state index contributed by atoms with van der Waals surface area (Å²) in [4.78, 5) is 11.7. The van der Waals surface area contributed by atoms with E-state index in [9.17, 15) is 4.79 Å². The average Bonchev–Trinajstić information content (AvgIpc) is 2.69. The first-order valence-corrected chi connectivity index (χ1v) is 6.38. The number of nitrogens with one attached hydrogen (secondary N) is 1. The molecule has 0 aromatic heterocycles. The molecule has 0 spiro atoms. The number of carbonyl (C=O) groups excluding carboxylic acids is 1. The van der Waals surface area contributed by atoms with Gasteiger partial charge in [0.1, 0.15) is 6.04 Å². The molecule has 94 valence electrons. The van der Waals surface area contributed by atoms with Crippen molar-refractivity contribution in [1.29, 1.82) is 0 Å². The van der Waals surface area contributed by atoms with Gasteiger partial charge in [-0.25, -0.2) is 0 Å². The van der Waals surface area contributed by atoms with Crippen LogP contribution in [0.3, 0.4) is 0 Å². The summed E-state index contributed by atoms with van der Waals surface area (Å²) in [6.45, 7) is 9.53. The van der Waals surface area contributed by atoms with Crippen LogP contribution in [0.2, 0.25) is 0 Å². The molecule has 0 bridgehead atoms. The van der Waals surface area contributed by atoms with Crippen molar-refractivity contribution in [1.82, 2.24) is 5.32 Å². The maximum absolute atomic E-state index is 11.7. The largest absolute Gasteiger partial charge is 0.461 e. The van der Waals surface area contributed by atoms with E-state index in [1.807, 2.05) is 6.92 Å². The Morgan fingerprint density at radius 3 is 2.75 bits per heavy atom. The summed E-state index contributed by atoms with van der Waals surface area (Å²) in [5, 5.41) is 3.16. The topological polar surface area (TPSA) is 38.3 Å².